The first-order chi connectivity index (χ1) is 14.5. The number of rotatable bonds is 8. The average molecular weight is 412 g/mol. The molecule has 1 saturated heterocycles. The van der Waals surface area contributed by atoms with Crippen LogP contribution in [0.4, 0.5) is 0 Å². The van der Waals surface area contributed by atoms with Crippen molar-refractivity contribution in [1.82, 2.24) is 14.4 Å². The van der Waals surface area contributed by atoms with E-state index in [2.05, 4.69) is 24.5 Å². The van der Waals surface area contributed by atoms with Gasteiger partial charge in [-0.05, 0) is 62.3 Å². The fourth-order valence-electron chi connectivity index (χ4n) is 4.18. The van der Waals surface area contributed by atoms with Gasteiger partial charge in [0.05, 0.1) is 13.1 Å². The second-order valence-electron chi connectivity index (χ2n) is 8.90. The molecule has 2 aromatic heterocycles. The van der Waals surface area contributed by atoms with Gasteiger partial charge in [0.25, 0.3) is 5.91 Å². The molecule has 30 heavy (non-hydrogen) atoms. The van der Waals surface area contributed by atoms with E-state index in [1.807, 2.05) is 28.1 Å². The van der Waals surface area contributed by atoms with Crippen molar-refractivity contribution in [3.63, 3.8) is 0 Å². The Bertz CT molecular complexity index is 872. The third kappa shape index (κ3) is 4.79. The van der Waals surface area contributed by atoms with Crippen LogP contribution in [0.5, 0.6) is 0 Å². The monoisotopic (exact) mass is 411 g/mol. The highest BCUT2D eigenvalue weighted by Gasteiger charge is 2.33. The second kappa shape index (κ2) is 9.11. The smallest absolute Gasteiger partial charge is 0.289 e. The zero-order valence-corrected chi connectivity index (χ0v) is 18.2. The lowest BCUT2D eigenvalue weighted by Gasteiger charge is -2.29. The Hall–Kier alpha value is -2.50. The highest BCUT2D eigenvalue weighted by atomic mass is 16.4. The molecule has 2 aromatic rings. The maximum atomic E-state index is 12.7. The minimum atomic E-state index is -0.00923. The fourth-order valence-corrected chi connectivity index (χ4v) is 4.18. The largest absolute Gasteiger partial charge is 0.454 e. The molecule has 0 radical (unpaired) electrons. The molecule has 1 aliphatic carbocycles. The summed E-state index contributed by atoms with van der Waals surface area (Å²) in [6, 6.07) is 7.75. The van der Waals surface area contributed by atoms with Gasteiger partial charge >= 0.3 is 0 Å². The van der Waals surface area contributed by atoms with E-state index in [9.17, 15) is 9.59 Å². The molecule has 0 N–H and O–H groups in total. The first-order valence-corrected chi connectivity index (χ1v) is 11.4. The summed E-state index contributed by atoms with van der Waals surface area (Å²) in [6.45, 7) is 7.92. The van der Waals surface area contributed by atoms with Crippen LogP contribution in [0.25, 0.3) is 0 Å². The number of amides is 2. The summed E-state index contributed by atoms with van der Waals surface area (Å²) < 4.78 is 8.02. The van der Waals surface area contributed by atoms with Gasteiger partial charge in [-0.25, -0.2) is 0 Å². The summed E-state index contributed by atoms with van der Waals surface area (Å²) in [5.74, 6) is 2.38. The predicted octanol–water partition coefficient (Wildman–Crippen LogP) is 4.15. The summed E-state index contributed by atoms with van der Waals surface area (Å²) in [5, 5.41) is 0. The van der Waals surface area contributed by atoms with Crippen LogP contribution in [0.2, 0.25) is 0 Å². The topological polar surface area (TPSA) is 58.7 Å². The Balaban J connectivity index is 1.40. The van der Waals surface area contributed by atoms with E-state index in [1.54, 1.807) is 6.07 Å². The summed E-state index contributed by atoms with van der Waals surface area (Å²) in [7, 11) is 0. The summed E-state index contributed by atoms with van der Waals surface area (Å²) in [5.41, 5.74) is 1.09. The normalized spacial score (nSPS) is 17.3. The zero-order valence-electron chi connectivity index (χ0n) is 18.2. The van der Waals surface area contributed by atoms with E-state index in [0.29, 0.717) is 24.8 Å². The predicted molar refractivity (Wildman–Crippen MR) is 115 cm³/mol. The summed E-state index contributed by atoms with van der Waals surface area (Å²) in [4.78, 5) is 29.2. The van der Waals surface area contributed by atoms with E-state index in [1.165, 1.54) is 0 Å². The number of likely N-dealkylation sites (tertiary alicyclic amines) is 1. The molecule has 0 bridgehead atoms. The van der Waals surface area contributed by atoms with Crippen molar-refractivity contribution >= 4 is 11.8 Å². The Morgan fingerprint density at radius 3 is 2.60 bits per heavy atom. The lowest BCUT2D eigenvalue weighted by atomic mass is 9.99. The molecule has 0 atom stereocenters. The number of furan rings is 1. The van der Waals surface area contributed by atoms with E-state index >= 15 is 0 Å². The van der Waals surface area contributed by atoms with Crippen molar-refractivity contribution in [2.75, 3.05) is 19.6 Å². The number of aromatic nitrogens is 1. The minimum absolute atomic E-state index is 0.00923. The molecular formula is C24H33N3O3. The quantitative estimate of drug-likeness (QED) is 0.656. The molecule has 2 fully saturated rings. The third-order valence-electron chi connectivity index (χ3n) is 6.28. The molecule has 2 aliphatic rings. The molecule has 3 heterocycles. The fraction of sp³-hybridized carbons (Fsp3) is 0.583. The molecule has 1 aliphatic heterocycles. The van der Waals surface area contributed by atoms with Crippen molar-refractivity contribution in [3.05, 3.63) is 47.7 Å². The molecule has 6 heteroatoms. The van der Waals surface area contributed by atoms with Crippen molar-refractivity contribution in [2.24, 2.45) is 11.8 Å². The van der Waals surface area contributed by atoms with Gasteiger partial charge in [0.2, 0.25) is 5.91 Å². The lowest BCUT2D eigenvalue weighted by Crippen LogP contribution is -2.37. The second-order valence-corrected chi connectivity index (χ2v) is 8.90. The first kappa shape index (κ1) is 20.8. The van der Waals surface area contributed by atoms with Crippen LogP contribution in [0.1, 0.15) is 68.0 Å². The number of hydrogen-bond donors (Lipinski definition) is 0. The van der Waals surface area contributed by atoms with Crippen LogP contribution in [0.15, 0.2) is 34.9 Å². The molecule has 4 rings (SSSR count). The molecule has 0 unspecified atom stereocenters. The van der Waals surface area contributed by atoms with Crippen LogP contribution in [0.3, 0.4) is 0 Å². The summed E-state index contributed by atoms with van der Waals surface area (Å²) >= 11 is 0. The van der Waals surface area contributed by atoms with E-state index in [4.69, 9.17) is 4.42 Å². The third-order valence-corrected chi connectivity index (χ3v) is 6.28. The number of carbonyl (C=O) groups excluding carboxylic acids is 2. The zero-order chi connectivity index (χ0) is 21.1. The van der Waals surface area contributed by atoms with Crippen LogP contribution < -0.4 is 0 Å². The van der Waals surface area contributed by atoms with Crippen LogP contribution >= 0.6 is 0 Å². The molecule has 162 valence electrons. The van der Waals surface area contributed by atoms with Gasteiger partial charge in [-0.3, -0.25) is 9.59 Å². The number of piperidine rings is 1. The van der Waals surface area contributed by atoms with Crippen LogP contribution in [-0.2, 0) is 17.9 Å². The van der Waals surface area contributed by atoms with Crippen molar-refractivity contribution in [2.45, 2.75) is 59.0 Å². The highest BCUT2D eigenvalue weighted by molar-refractivity contribution is 5.91. The Morgan fingerprint density at radius 2 is 1.90 bits per heavy atom. The highest BCUT2D eigenvalue weighted by Crippen LogP contribution is 2.31. The van der Waals surface area contributed by atoms with Crippen LogP contribution in [0, 0.1) is 11.8 Å². The van der Waals surface area contributed by atoms with E-state index in [0.717, 1.165) is 63.2 Å². The van der Waals surface area contributed by atoms with Gasteiger partial charge in [0.15, 0.2) is 5.76 Å². The molecule has 0 spiro atoms. The van der Waals surface area contributed by atoms with E-state index in [-0.39, 0.29) is 17.7 Å². The molecule has 0 aromatic carbocycles. The maximum absolute atomic E-state index is 12.7. The van der Waals surface area contributed by atoms with Gasteiger partial charge < -0.3 is 18.8 Å². The summed E-state index contributed by atoms with van der Waals surface area (Å²) in [6.07, 6.45) is 7.13. The van der Waals surface area contributed by atoms with Gasteiger partial charge in [-0.1, -0.05) is 13.8 Å². The SMILES string of the molecule is CCCN(Cc1cccn1Cc1ccc(C(=O)N2CCC(C)CC2)o1)C(=O)C1CC1. The van der Waals surface area contributed by atoms with Crippen molar-refractivity contribution in [3.8, 4) is 0 Å². The number of hydrogen-bond acceptors (Lipinski definition) is 3. The number of nitrogens with zero attached hydrogens (tertiary/aromatic N) is 3. The Kier molecular flexibility index (Phi) is 6.30. The standard InChI is InChI=1S/C24H33N3O3/c1-3-12-27(23(28)19-6-7-19)16-20-5-4-13-26(20)17-21-8-9-22(30-21)24(29)25-14-10-18(2)11-15-25/h4-5,8-9,13,18-19H,3,6-7,10-12,14-17H2,1-2H3. The molecule has 6 nitrogen and oxygen atoms in total. The molecule has 2 amide bonds. The van der Waals surface area contributed by atoms with Gasteiger partial charge in [0.1, 0.15) is 5.76 Å². The Labute approximate surface area is 178 Å². The van der Waals surface area contributed by atoms with Crippen LogP contribution in [-0.4, -0.2) is 45.8 Å². The first-order valence-electron chi connectivity index (χ1n) is 11.4. The average Bonchev–Trinajstić information content (AvgIpc) is 3.35. The van der Waals surface area contributed by atoms with Gasteiger partial charge in [-0.2, -0.15) is 0 Å². The lowest BCUT2D eigenvalue weighted by molar-refractivity contribution is -0.133. The molecular weight excluding hydrogens is 378 g/mol. The molecule has 1 saturated carbocycles. The maximum Gasteiger partial charge on any atom is 0.289 e. The van der Waals surface area contributed by atoms with E-state index < -0.39 is 0 Å². The number of carbonyl (C=O) groups is 2. The van der Waals surface area contributed by atoms with Gasteiger partial charge in [0, 0.05) is 37.4 Å². The minimum Gasteiger partial charge on any atom is -0.454 e. The van der Waals surface area contributed by atoms with Gasteiger partial charge in [-0.15, -0.1) is 0 Å². The Morgan fingerprint density at radius 1 is 1.13 bits per heavy atom. The van der Waals surface area contributed by atoms with Crippen molar-refractivity contribution < 1.29 is 14.0 Å². The van der Waals surface area contributed by atoms with Crippen molar-refractivity contribution in [1.29, 1.82) is 0 Å².